The summed E-state index contributed by atoms with van der Waals surface area (Å²) in [6.07, 6.45) is 12.3. The van der Waals surface area contributed by atoms with E-state index >= 15 is 0 Å². The first-order valence-electron chi connectivity index (χ1n) is 8.51. The van der Waals surface area contributed by atoms with Gasteiger partial charge in [-0.2, -0.15) is 0 Å². The van der Waals surface area contributed by atoms with E-state index in [0.29, 0.717) is 6.04 Å². The second-order valence-electron chi connectivity index (χ2n) is 6.81. The standard InChI is InChI=1S/C17H33NO/c1-4-14-8-6-9-15(12-14)16(18-5-2)13-17(19-3)10-7-11-17/h14-16,18H,4-13H2,1-3H3. The predicted molar refractivity (Wildman–Crippen MR) is 81.4 cm³/mol. The van der Waals surface area contributed by atoms with Gasteiger partial charge >= 0.3 is 0 Å². The van der Waals surface area contributed by atoms with E-state index in [4.69, 9.17) is 4.74 Å². The molecule has 112 valence electrons. The fraction of sp³-hybridized carbons (Fsp3) is 1.00. The zero-order chi connectivity index (χ0) is 13.7. The molecule has 0 heterocycles. The maximum absolute atomic E-state index is 5.85. The van der Waals surface area contributed by atoms with Crippen molar-refractivity contribution in [2.24, 2.45) is 11.8 Å². The topological polar surface area (TPSA) is 21.3 Å². The lowest BCUT2D eigenvalue weighted by Crippen LogP contribution is -2.49. The normalized spacial score (nSPS) is 31.7. The lowest BCUT2D eigenvalue weighted by atomic mass is 9.70. The summed E-state index contributed by atoms with van der Waals surface area (Å²) >= 11 is 0. The third kappa shape index (κ3) is 3.72. The molecule has 3 unspecified atom stereocenters. The smallest absolute Gasteiger partial charge is 0.0693 e. The zero-order valence-electron chi connectivity index (χ0n) is 13.2. The van der Waals surface area contributed by atoms with E-state index in [0.717, 1.165) is 18.4 Å². The Kier molecular flexibility index (Phi) is 5.70. The van der Waals surface area contributed by atoms with E-state index in [1.807, 2.05) is 7.11 Å². The number of methoxy groups -OCH3 is 1. The van der Waals surface area contributed by atoms with Crippen LogP contribution in [0.25, 0.3) is 0 Å². The summed E-state index contributed by atoms with van der Waals surface area (Å²) in [6.45, 7) is 5.70. The van der Waals surface area contributed by atoms with Gasteiger partial charge in [0.25, 0.3) is 0 Å². The molecule has 0 saturated heterocycles. The minimum atomic E-state index is 0.214. The van der Waals surface area contributed by atoms with Gasteiger partial charge in [-0.05, 0) is 56.9 Å². The SMILES string of the molecule is CCNC(CC1(OC)CCC1)C1CCCC(CC)C1. The summed E-state index contributed by atoms with van der Waals surface area (Å²) in [5.74, 6) is 1.85. The van der Waals surface area contributed by atoms with Gasteiger partial charge in [0.15, 0.2) is 0 Å². The molecule has 0 aromatic carbocycles. The molecule has 0 bridgehead atoms. The van der Waals surface area contributed by atoms with Crippen LogP contribution in [0.15, 0.2) is 0 Å². The van der Waals surface area contributed by atoms with Gasteiger partial charge in [-0.3, -0.25) is 0 Å². The Hall–Kier alpha value is -0.0800. The van der Waals surface area contributed by atoms with E-state index in [9.17, 15) is 0 Å². The first kappa shape index (κ1) is 15.3. The monoisotopic (exact) mass is 267 g/mol. The van der Waals surface area contributed by atoms with Crippen LogP contribution in [0.5, 0.6) is 0 Å². The first-order valence-corrected chi connectivity index (χ1v) is 8.51. The van der Waals surface area contributed by atoms with Crippen LogP contribution < -0.4 is 5.32 Å². The summed E-state index contributed by atoms with van der Waals surface area (Å²) in [5, 5.41) is 3.78. The Morgan fingerprint density at radius 1 is 1.21 bits per heavy atom. The molecule has 19 heavy (non-hydrogen) atoms. The molecule has 2 fully saturated rings. The van der Waals surface area contributed by atoms with Crippen molar-refractivity contribution in [3.63, 3.8) is 0 Å². The largest absolute Gasteiger partial charge is 0.378 e. The highest BCUT2D eigenvalue weighted by Gasteiger charge is 2.41. The Bertz CT molecular complexity index is 256. The highest BCUT2D eigenvalue weighted by atomic mass is 16.5. The van der Waals surface area contributed by atoms with Crippen molar-refractivity contribution < 1.29 is 4.74 Å². The number of rotatable bonds is 7. The van der Waals surface area contributed by atoms with Crippen molar-refractivity contribution in [1.29, 1.82) is 0 Å². The quantitative estimate of drug-likeness (QED) is 0.748. The van der Waals surface area contributed by atoms with E-state index < -0.39 is 0 Å². The van der Waals surface area contributed by atoms with Crippen LogP contribution in [0.1, 0.15) is 71.6 Å². The van der Waals surface area contributed by atoms with E-state index in [1.54, 1.807) is 0 Å². The van der Waals surface area contributed by atoms with Gasteiger partial charge in [-0.1, -0.05) is 33.1 Å². The predicted octanol–water partition coefficient (Wildman–Crippen LogP) is 4.14. The number of ether oxygens (including phenoxy) is 1. The number of nitrogens with one attached hydrogen (secondary N) is 1. The average Bonchev–Trinajstić information content (AvgIpc) is 2.41. The van der Waals surface area contributed by atoms with Crippen molar-refractivity contribution in [1.82, 2.24) is 5.32 Å². The van der Waals surface area contributed by atoms with E-state index in [1.165, 1.54) is 57.8 Å². The maximum Gasteiger partial charge on any atom is 0.0693 e. The molecule has 0 aliphatic heterocycles. The van der Waals surface area contributed by atoms with Crippen molar-refractivity contribution in [2.45, 2.75) is 83.3 Å². The molecule has 2 rings (SSSR count). The molecule has 2 aliphatic carbocycles. The Balaban J connectivity index is 1.94. The average molecular weight is 267 g/mol. The van der Waals surface area contributed by atoms with Gasteiger partial charge in [0.05, 0.1) is 5.60 Å². The molecular weight excluding hydrogens is 234 g/mol. The molecule has 2 nitrogen and oxygen atoms in total. The summed E-state index contributed by atoms with van der Waals surface area (Å²) in [7, 11) is 1.91. The third-order valence-electron chi connectivity index (χ3n) is 5.73. The molecule has 0 aromatic heterocycles. The number of hydrogen-bond donors (Lipinski definition) is 1. The van der Waals surface area contributed by atoms with Crippen LogP contribution in [-0.4, -0.2) is 25.3 Å². The summed E-state index contributed by atoms with van der Waals surface area (Å²) in [5.41, 5.74) is 0.214. The van der Waals surface area contributed by atoms with Gasteiger partial charge < -0.3 is 10.1 Å². The molecule has 2 saturated carbocycles. The van der Waals surface area contributed by atoms with Crippen molar-refractivity contribution in [2.75, 3.05) is 13.7 Å². The number of hydrogen-bond acceptors (Lipinski definition) is 2. The molecule has 3 atom stereocenters. The second kappa shape index (κ2) is 7.08. The van der Waals surface area contributed by atoms with Gasteiger partial charge in [0.2, 0.25) is 0 Å². The second-order valence-corrected chi connectivity index (χ2v) is 6.81. The minimum Gasteiger partial charge on any atom is -0.378 e. The van der Waals surface area contributed by atoms with Crippen LogP contribution in [0, 0.1) is 11.8 Å². The van der Waals surface area contributed by atoms with Gasteiger partial charge in [-0.25, -0.2) is 0 Å². The maximum atomic E-state index is 5.85. The van der Waals surface area contributed by atoms with E-state index in [-0.39, 0.29) is 5.60 Å². The third-order valence-corrected chi connectivity index (χ3v) is 5.73. The van der Waals surface area contributed by atoms with Crippen LogP contribution in [-0.2, 0) is 4.74 Å². The van der Waals surface area contributed by atoms with Crippen molar-refractivity contribution in [3.8, 4) is 0 Å². The highest BCUT2D eigenvalue weighted by Crippen LogP contribution is 2.42. The summed E-state index contributed by atoms with van der Waals surface area (Å²) in [4.78, 5) is 0. The van der Waals surface area contributed by atoms with Gasteiger partial charge in [0, 0.05) is 13.2 Å². The van der Waals surface area contributed by atoms with E-state index in [2.05, 4.69) is 19.2 Å². The molecule has 2 heteroatoms. The summed E-state index contributed by atoms with van der Waals surface area (Å²) < 4.78 is 5.85. The summed E-state index contributed by atoms with van der Waals surface area (Å²) in [6, 6.07) is 0.680. The molecular formula is C17H33NO. The van der Waals surface area contributed by atoms with Crippen LogP contribution >= 0.6 is 0 Å². The molecule has 0 aromatic rings. The van der Waals surface area contributed by atoms with Gasteiger partial charge in [0.1, 0.15) is 0 Å². The Labute approximate surface area is 119 Å². The fourth-order valence-electron chi connectivity index (χ4n) is 4.20. The molecule has 1 N–H and O–H groups in total. The van der Waals surface area contributed by atoms with Crippen LogP contribution in [0.4, 0.5) is 0 Å². The minimum absolute atomic E-state index is 0.214. The fourth-order valence-corrected chi connectivity index (χ4v) is 4.20. The molecule has 2 aliphatic rings. The van der Waals surface area contributed by atoms with Crippen molar-refractivity contribution >= 4 is 0 Å². The molecule has 0 radical (unpaired) electrons. The first-order chi connectivity index (χ1) is 9.23. The lowest BCUT2D eigenvalue weighted by molar-refractivity contribution is -0.0883. The van der Waals surface area contributed by atoms with Gasteiger partial charge in [-0.15, -0.1) is 0 Å². The Morgan fingerprint density at radius 3 is 2.53 bits per heavy atom. The molecule has 0 amide bonds. The lowest BCUT2D eigenvalue weighted by Gasteiger charge is -2.45. The molecule has 0 spiro atoms. The Morgan fingerprint density at radius 2 is 2.00 bits per heavy atom. The van der Waals surface area contributed by atoms with Crippen LogP contribution in [0.3, 0.4) is 0 Å². The van der Waals surface area contributed by atoms with Crippen LogP contribution in [0.2, 0.25) is 0 Å². The van der Waals surface area contributed by atoms with Crippen molar-refractivity contribution in [3.05, 3.63) is 0 Å². The zero-order valence-corrected chi connectivity index (χ0v) is 13.2. The highest BCUT2D eigenvalue weighted by molar-refractivity contribution is 4.95.